The van der Waals surface area contributed by atoms with E-state index in [4.69, 9.17) is 0 Å². The van der Waals surface area contributed by atoms with E-state index in [1.807, 2.05) is 0 Å². The van der Waals surface area contributed by atoms with Crippen molar-refractivity contribution in [3.63, 3.8) is 0 Å². The highest BCUT2D eigenvalue weighted by Gasteiger charge is 2.38. The first-order valence-electron chi connectivity index (χ1n) is 9.91. The number of benzene rings is 2. The minimum absolute atomic E-state index is 0.304. The SMILES string of the molecule is C=C1CCC(C2C(=C)Cc3ccccc3C2=C)C(=C)C1Cc1ccccc1. The molecule has 0 N–H and O–H groups in total. The van der Waals surface area contributed by atoms with Gasteiger partial charge < -0.3 is 0 Å². The predicted octanol–water partition coefficient (Wildman–Crippen LogP) is 6.81. The normalized spacial score (nSPS) is 25.4. The molecular formula is C27H28. The third-order valence-electron chi connectivity index (χ3n) is 6.47. The molecule has 0 aliphatic heterocycles. The summed E-state index contributed by atoms with van der Waals surface area (Å²) in [6.45, 7) is 17.9. The summed E-state index contributed by atoms with van der Waals surface area (Å²) < 4.78 is 0. The smallest absolute Gasteiger partial charge is 0.0115 e. The summed E-state index contributed by atoms with van der Waals surface area (Å²) in [5.74, 6) is 1.07. The quantitative estimate of drug-likeness (QED) is 0.532. The lowest BCUT2D eigenvalue weighted by atomic mass is 9.62. The molecular weight excluding hydrogens is 324 g/mol. The Bertz CT molecular complexity index is 912. The van der Waals surface area contributed by atoms with Gasteiger partial charge in [0, 0.05) is 11.8 Å². The van der Waals surface area contributed by atoms with Crippen LogP contribution in [0.5, 0.6) is 0 Å². The number of fused-ring (bicyclic) bond motifs is 1. The van der Waals surface area contributed by atoms with Crippen LogP contribution in [0.15, 0.2) is 97.6 Å². The van der Waals surface area contributed by atoms with Crippen molar-refractivity contribution >= 4 is 5.57 Å². The van der Waals surface area contributed by atoms with E-state index in [9.17, 15) is 0 Å². The molecule has 1 fully saturated rings. The number of hydrogen-bond acceptors (Lipinski definition) is 0. The van der Waals surface area contributed by atoms with Crippen molar-refractivity contribution in [2.75, 3.05) is 0 Å². The van der Waals surface area contributed by atoms with Gasteiger partial charge in [0.25, 0.3) is 0 Å². The molecule has 2 aliphatic rings. The largest absolute Gasteiger partial charge is 0.0992 e. The molecule has 27 heavy (non-hydrogen) atoms. The Morgan fingerprint density at radius 2 is 1.52 bits per heavy atom. The zero-order valence-electron chi connectivity index (χ0n) is 16.1. The van der Waals surface area contributed by atoms with Gasteiger partial charge in [-0.1, -0.05) is 97.6 Å². The maximum atomic E-state index is 4.58. The summed E-state index contributed by atoms with van der Waals surface area (Å²) in [6, 6.07) is 19.4. The molecule has 2 aromatic carbocycles. The second-order valence-electron chi connectivity index (χ2n) is 8.12. The van der Waals surface area contributed by atoms with E-state index in [2.05, 4.69) is 80.9 Å². The van der Waals surface area contributed by atoms with Crippen molar-refractivity contribution in [3.05, 3.63) is 114 Å². The predicted molar refractivity (Wildman–Crippen MR) is 116 cm³/mol. The minimum atomic E-state index is 0.304. The highest BCUT2D eigenvalue weighted by Crippen LogP contribution is 2.49. The van der Waals surface area contributed by atoms with Crippen molar-refractivity contribution in [1.82, 2.24) is 0 Å². The van der Waals surface area contributed by atoms with E-state index >= 15 is 0 Å². The van der Waals surface area contributed by atoms with Gasteiger partial charge in [0.15, 0.2) is 0 Å². The van der Waals surface area contributed by atoms with Crippen LogP contribution in [0.1, 0.15) is 29.5 Å². The molecule has 0 heterocycles. The lowest BCUT2D eigenvalue weighted by Gasteiger charge is -2.42. The second-order valence-corrected chi connectivity index (χ2v) is 8.12. The van der Waals surface area contributed by atoms with Crippen LogP contribution in [0.2, 0.25) is 0 Å². The van der Waals surface area contributed by atoms with Crippen molar-refractivity contribution in [2.45, 2.75) is 25.7 Å². The van der Waals surface area contributed by atoms with E-state index < -0.39 is 0 Å². The van der Waals surface area contributed by atoms with E-state index in [0.29, 0.717) is 17.8 Å². The summed E-state index contributed by atoms with van der Waals surface area (Å²) in [7, 11) is 0. The molecule has 3 unspecified atom stereocenters. The molecule has 0 heteroatoms. The fourth-order valence-electron chi connectivity index (χ4n) is 5.01. The maximum absolute atomic E-state index is 4.58. The van der Waals surface area contributed by atoms with Crippen molar-refractivity contribution in [3.8, 4) is 0 Å². The van der Waals surface area contributed by atoms with Crippen LogP contribution >= 0.6 is 0 Å². The van der Waals surface area contributed by atoms with Crippen LogP contribution in [0.3, 0.4) is 0 Å². The van der Waals surface area contributed by atoms with Crippen molar-refractivity contribution in [2.24, 2.45) is 17.8 Å². The van der Waals surface area contributed by atoms with Crippen LogP contribution in [0.25, 0.3) is 5.57 Å². The Labute approximate surface area is 163 Å². The van der Waals surface area contributed by atoms with Crippen LogP contribution in [-0.4, -0.2) is 0 Å². The lowest BCUT2D eigenvalue weighted by Crippen LogP contribution is -2.31. The molecule has 0 amide bonds. The van der Waals surface area contributed by atoms with Gasteiger partial charge in [-0.15, -0.1) is 0 Å². The molecule has 0 saturated heterocycles. The Morgan fingerprint density at radius 3 is 2.30 bits per heavy atom. The zero-order chi connectivity index (χ0) is 19.0. The third-order valence-corrected chi connectivity index (χ3v) is 6.47. The Kier molecular flexibility index (Phi) is 4.74. The average Bonchev–Trinajstić information content (AvgIpc) is 2.67. The number of allylic oxidation sites excluding steroid dienone is 4. The molecule has 0 spiro atoms. The molecule has 0 aromatic heterocycles. The monoisotopic (exact) mass is 352 g/mol. The Morgan fingerprint density at radius 1 is 0.815 bits per heavy atom. The third kappa shape index (κ3) is 3.25. The van der Waals surface area contributed by atoms with Crippen LogP contribution in [0, 0.1) is 17.8 Å². The highest BCUT2D eigenvalue weighted by molar-refractivity contribution is 5.74. The molecule has 4 rings (SSSR count). The summed E-state index contributed by atoms with van der Waals surface area (Å²) in [6.07, 6.45) is 4.12. The summed E-state index contributed by atoms with van der Waals surface area (Å²) in [4.78, 5) is 0. The molecule has 0 nitrogen and oxygen atoms in total. The highest BCUT2D eigenvalue weighted by atomic mass is 14.4. The fraction of sp³-hybridized carbons (Fsp3) is 0.259. The van der Waals surface area contributed by atoms with Gasteiger partial charge in [0.1, 0.15) is 0 Å². The Hall–Kier alpha value is -2.60. The first-order valence-corrected chi connectivity index (χ1v) is 9.91. The number of rotatable bonds is 3. The summed E-state index contributed by atoms with van der Waals surface area (Å²) >= 11 is 0. The van der Waals surface area contributed by atoms with Crippen LogP contribution in [0.4, 0.5) is 0 Å². The van der Waals surface area contributed by atoms with Gasteiger partial charge in [-0.25, -0.2) is 0 Å². The Balaban J connectivity index is 1.62. The molecule has 2 aliphatic carbocycles. The summed E-state index contributed by atoms with van der Waals surface area (Å²) in [5, 5.41) is 0. The van der Waals surface area contributed by atoms with Crippen molar-refractivity contribution in [1.29, 1.82) is 0 Å². The van der Waals surface area contributed by atoms with Gasteiger partial charge >= 0.3 is 0 Å². The molecule has 1 saturated carbocycles. The lowest BCUT2D eigenvalue weighted by molar-refractivity contribution is 0.390. The first kappa shape index (κ1) is 17.8. The van der Waals surface area contributed by atoms with Gasteiger partial charge in [0.2, 0.25) is 0 Å². The fourth-order valence-corrected chi connectivity index (χ4v) is 5.01. The van der Waals surface area contributed by atoms with E-state index in [-0.39, 0.29) is 0 Å². The second kappa shape index (κ2) is 7.19. The minimum Gasteiger partial charge on any atom is -0.0992 e. The average molecular weight is 353 g/mol. The zero-order valence-corrected chi connectivity index (χ0v) is 16.1. The van der Waals surface area contributed by atoms with Crippen LogP contribution < -0.4 is 0 Å². The van der Waals surface area contributed by atoms with Gasteiger partial charge in [-0.3, -0.25) is 0 Å². The molecule has 3 atom stereocenters. The van der Waals surface area contributed by atoms with Crippen LogP contribution in [-0.2, 0) is 12.8 Å². The molecule has 0 radical (unpaired) electrons. The molecule has 2 aromatic rings. The van der Waals surface area contributed by atoms with Gasteiger partial charge in [-0.05, 0) is 53.9 Å². The van der Waals surface area contributed by atoms with E-state index in [1.165, 1.54) is 39.0 Å². The summed E-state index contributed by atoms with van der Waals surface area (Å²) in [5.41, 5.74) is 9.18. The first-order chi connectivity index (χ1) is 13.1. The maximum Gasteiger partial charge on any atom is 0.0115 e. The van der Waals surface area contributed by atoms with E-state index in [1.54, 1.807) is 0 Å². The molecule has 136 valence electrons. The number of hydrogen-bond donors (Lipinski definition) is 0. The van der Waals surface area contributed by atoms with Crippen molar-refractivity contribution < 1.29 is 0 Å². The molecule has 0 bridgehead atoms. The van der Waals surface area contributed by atoms with E-state index in [0.717, 1.165) is 25.7 Å². The van der Waals surface area contributed by atoms with Gasteiger partial charge in [0.05, 0.1) is 0 Å². The standard InChI is InChI=1S/C27H28/c1-18-14-15-25(20(3)26(18)17-22-10-6-5-7-11-22)27-19(2)16-23-12-8-9-13-24(23)21(27)4/h5-13,25-27H,1-4,14-17H2. The topological polar surface area (TPSA) is 0 Å². The van der Waals surface area contributed by atoms with Gasteiger partial charge in [-0.2, -0.15) is 0 Å².